The Hall–Kier alpha value is -3.48. The Labute approximate surface area is 302 Å². The molecule has 2 bridgehead atoms. The molecule has 8 rings (SSSR count). The van der Waals surface area contributed by atoms with Crippen molar-refractivity contribution >= 4 is 36.7 Å². The second kappa shape index (κ2) is 12.9. The highest BCUT2D eigenvalue weighted by Gasteiger charge is 2.51. The molecule has 0 radical (unpaired) electrons. The molecule has 3 aromatic rings. The number of hydrogen-bond donors (Lipinski definition) is 1. The van der Waals surface area contributed by atoms with Crippen LogP contribution in [0.3, 0.4) is 0 Å². The molecule has 2 aromatic carbocycles. The predicted octanol–water partition coefficient (Wildman–Crippen LogP) is 7.06. The summed E-state index contributed by atoms with van der Waals surface area (Å²) in [5.74, 6) is 0.645. The fourth-order valence-corrected chi connectivity index (χ4v) is 10.4. The van der Waals surface area contributed by atoms with E-state index in [0.717, 1.165) is 79.8 Å². The van der Waals surface area contributed by atoms with Crippen LogP contribution in [0.4, 0.5) is 20.7 Å². The summed E-state index contributed by atoms with van der Waals surface area (Å²) in [5, 5.41) is 11.6. The van der Waals surface area contributed by atoms with E-state index in [1.54, 1.807) is 11.0 Å². The van der Waals surface area contributed by atoms with Crippen molar-refractivity contribution in [1.82, 2.24) is 19.8 Å². The number of carbonyl (C=O) groups is 1. The second-order valence-electron chi connectivity index (χ2n) is 17.1. The summed E-state index contributed by atoms with van der Waals surface area (Å²) < 4.78 is 28.7. The van der Waals surface area contributed by atoms with Gasteiger partial charge in [0.05, 0.1) is 29.9 Å². The number of fused-ring (bicyclic) bond motifs is 5. The first-order chi connectivity index (χ1) is 24.3. The number of hydrogen-bond acceptors (Lipinski definition) is 8. The summed E-state index contributed by atoms with van der Waals surface area (Å²) in [6.07, 6.45) is 5.99. The number of ether oxygens (including phenoxy) is 1. The third-order valence-electron chi connectivity index (χ3n) is 13.1. The van der Waals surface area contributed by atoms with E-state index in [1.165, 1.54) is 6.07 Å². The quantitative estimate of drug-likeness (QED) is 0.246. The van der Waals surface area contributed by atoms with Gasteiger partial charge in [0.25, 0.3) is 0 Å². The van der Waals surface area contributed by atoms with Gasteiger partial charge in [-0.15, -0.1) is 0 Å². The van der Waals surface area contributed by atoms with E-state index in [0.29, 0.717) is 56.6 Å². The van der Waals surface area contributed by atoms with Gasteiger partial charge in [-0.2, -0.15) is 9.97 Å². The topological polar surface area (TPSA) is 94.5 Å². The fourth-order valence-electron chi connectivity index (χ4n) is 9.36. The maximum absolute atomic E-state index is 15.2. The Bertz CT molecular complexity index is 1800. The number of carboxylic acid groups (broad SMARTS) is 1. The van der Waals surface area contributed by atoms with Crippen LogP contribution in [0.25, 0.3) is 10.8 Å². The molecule has 1 amide bonds. The van der Waals surface area contributed by atoms with Crippen LogP contribution in [0, 0.1) is 5.82 Å². The van der Waals surface area contributed by atoms with Crippen molar-refractivity contribution < 1.29 is 23.5 Å². The lowest BCUT2D eigenvalue weighted by molar-refractivity contribution is 0.0660. The first-order valence-corrected chi connectivity index (χ1v) is 21.9. The van der Waals surface area contributed by atoms with Gasteiger partial charge in [-0.1, -0.05) is 45.0 Å². The fraction of sp³-hybridized carbons (Fsp3) is 0.615. The van der Waals surface area contributed by atoms with Crippen molar-refractivity contribution in [3.8, 4) is 6.01 Å². The summed E-state index contributed by atoms with van der Waals surface area (Å²) in [4.78, 5) is 31.1. The van der Waals surface area contributed by atoms with Crippen LogP contribution >= 0.6 is 0 Å². The number of amides is 1. The van der Waals surface area contributed by atoms with Gasteiger partial charge in [-0.05, 0) is 87.1 Å². The van der Waals surface area contributed by atoms with E-state index in [-0.39, 0.29) is 28.5 Å². The van der Waals surface area contributed by atoms with Gasteiger partial charge in [-0.25, -0.2) is 9.18 Å². The molecule has 0 aliphatic carbocycles. The molecule has 1 aromatic heterocycles. The summed E-state index contributed by atoms with van der Waals surface area (Å²) in [5.41, 5.74) is 2.80. The van der Waals surface area contributed by atoms with Crippen LogP contribution in [0.1, 0.15) is 70.6 Å². The van der Waals surface area contributed by atoms with Crippen LogP contribution in [-0.4, -0.2) is 102 Å². The number of nitrogens with zero attached hydrogens (tertiary/aromatic N) is 6. The molecule has 4 fully saturated rings. The number of rotatable bonds is 8. The molecular formula is C39H53FN6O4Si. The number of aromatic nitrogens is 2. The summed E-state index contributed by atoms with van der Waals surface area (Å²) >= 11 is 0. The van der Waals surface area contributed by atoms with Gasteiger partial charge in [0.1, 0.15) is 18.2 Å². The Morgan fingerprint density at radius 2 is 1.76 bits per heavy atom. The van der Waals surface area contributed by atoms with E-state index in [4.69, 9.17) is 19.1 Å². The van der Waals surface area contributed by atoms with E-state index >= 15 is 4.39 Å². The maximum atomic E-state index is 15.2. The second-order valence-corrected chi connectivity index (χ2v) is 21.9. The van der Waals surface area contributed by atoms with Crippen molar-refractivity contribution in [2.75, 3.05) is 49.2 Å². The Morgan fingerprint density at radius 3 is 2.49 bits per heavy atom. The van der Waals surface area contributed by atoms with Crippen LogP contribution in [0.5, 0.6) is 6.01 Å². The van der Waals surface area contributed by atoms with Gasteiger partial charge in [-0.3, -0.25) is 9.80 Å². The molecule has 4 saturated heterocycles. The predicted molar refractivity (Wildman–Crippen MR) is 200 cm³/mol. The van der Waals surface area contributed by atoms with Crippen molar-refractivity contribution in [3.63, 3.8) is 0 Å². The summed E-state index contributed by atoms with van der Waals surface area (Å²) in [7, 11) is -1.86. The van der Waals surface area contributed by atoms with Crippen LogP contribution in [0.2, 0.25) is 18.1 Å². The first kappa shape index (κ1) is 34.6. The minimum absolute atomic E-state index is 0.0510. The molecule has 51 heavy (non-hydrogen) atoms. The Kier molecular flexibility index (Phi) is 8.73. The molecule has 5 aliphatic heterocycles. The average molecular weight is 717 g/mol. The lowest BCUT2D eigenvalue weighted by Crippen LogP contribution is -2.56. The zero-order valence-corrected chi connectivity index (χ0v) is 31.8. The van der Waals surface area contributed by atoms with E-state index < -0.39 is 14.4 Å². The van der Waals surface area contributed by atoms with Crippen molar-refractivity contribution in [1.29, 1.82) is 0 Å². The summed E-state index contributed by atoms with van der Waals surface area (Å²) in [6.45, 7) is 16.3. The van der Waals surface area contributed by atoms with Gasteiger partial charge in [0.15, 0.2) is 8.32 Å². The van der Waals surface area contributed by atoms with Gasteiger partial charge in [0, 0.05) is 48.9 Å². The number of piperazine rings is 1. The maximum Gasteiger partial charge on any atom is 0.407 e. The van der Waals surface area contributed by atoms with Crippen LogP contribution < -0.4 is 14.5 Å². The third kappa shape index (κ3) is 6.14. The van der Waals surface area contributed by atoms with E-state index in [9.17, 15) is 9.90 Å². The first-order valence-electron chi connectivity index (χ1n) is 19.0. The van der Waals surface area contributed by atoms with Crippen molar-refractivity contribution in [3.05, 3.63) is 53.5 Å². The highest BCUT2D eigenvalue weighted by molar-refractivity contribution is 6.74. The highest BCUT2D eigenvalue weighted by Crippen LogP contribution is 2.45. The zero-order valence-electron chi connectivity index (χ0n) is 30.8. The van der Waals surface area contributed by atoms with Crippen LogP contribution in [0.15, 0.2) is 36.4 Å². The third-order valence-corrected chi connectivity index (χ3v) is 17.6. The highest BCUT2D eigenvalue weighted by atomic mass is 28.4. The number of benzene rings is 2. The van der Waals surface area contributed by atoms with Crippen molar-refractivity contribution in [2.24, 2.45) is 0 Å². The molecule has 1 N–H and O–H groups in total. The standard InChI is InChI=1S/C39H53FN6O4Si/c1-38(2,3)51(4,5)50-24-29-15-18-39(17-8-19-45(29)39)25-49-36-41-32-23-43(33-12-7-10-26-9-6-11-31(40)34(26)33)20-16-30(32)35(42-36)44-21-27-13-14-28(22-44)46(27)37(47)48/h6-7,9-12,27-29H,8,13-25H2,1-5H3,(H,47,48)/t27-,28+,29?,39?. The molecule has 6 heterocycles. The van der Waals surface area contributed by atoms with E-state index in [2.05, 4.69) is 48.6 Å². The Balaban J connectivity index is 1.07. The minimum Gasteiger partial charge on any atom is -0.465 e. The lowest BCUT2D eigenvalue weighted by Gasteiger charge is -2.41. The zero-order chi connectivity index (χ0) is 35.7. The molecular weight excluding hydrogens is 664 g/mol. The molecule has 12 heteroatoms. The largest absolute Gasteiger partial charge is 0.465 e. The molecule has 5 aliphatic rings. The van der Waals surface area contributed by atoms with Crippen molar-refractivity contribution in [2.45, 2.75) is 114 Å². The normalized spacial score (nSPS) is 26.5. The molecule has 2 unspecified atom stereocenters. The SMILES string of the molecule is CC(C)(C)[Si](C)(C)OCC1CCC2(COc3nc4c(c(N5C[C@H]6CC[C@@H](C5)N6C(=O)O)n3)CCN(c3cccc5cccc(F)c35)C4)CCCN12. The Morgan fingerprint density at radius 1 is 1.02 bits per heavy atom. The number of anilines is 2. The lowest BCUT2D eigenvalue weighted by atomic mass is 9.95. The van der Waals surface area contributed by atoms with Gasteiger partial charge in [0.2, 0.25) is 0 Å². The van der Waals surface area contributed by atoms with Crippen LogP contribution in [-0.2, 0) is 17.4 Å². The minimum atomic E-state index is -1.86. The monoisotopic (exact) mass is 716 g/mol. The molecule has 10 nitrogen and oxygen atoms in total. The van der Waals surface area contributed by atoms with Gasteiger partial charge >= 0.3 is 12.1 Å². The molecule has 0 saturated carbocycles. The molecule has 274 valence electrons. The van der Waals surface area contributed by atoms with Gasteiger partial charge < -0.3 is 24.1 Å². The molecule has 0 spiro atoms. The van der Waals surface area contributed by atoms with E-state index in [1.807, 2.05) is 24.3 Å². The summed E-state index contributed by atoms with van der Waals surface area (Å²) in [6, 6.07) is 11.8. The molecule has 4 atom stereocenters. The number of halogens is 1. The average Bonchev–Trinajstić information content (AvgIpc) is 3.75. The smallest absolute Gasteiger partial charge is 0.407 e.